The Hall–Kier alpha value is -2.36. The molecular formula is C21H16BrNO. The SMILES string of the molecule is OCc1ccc(-n2c(-c3ccccc3)c(Br)c3ccccc32)cc1. The van der Waals surface area contributed by atoms with Gasteiger partial charge in [0.05, 0.1) is 22.3 Å². The van der Waals surface area contributed by atoms with Gasteiger partial charge in [-0.1, -0.05) is 60.7 Å². The normalized spacial score (nSPS) is 11.1. The van der Waals surface area contributed by atoms with E-state index in [0.29, 0.717) is 0 Å². The van der Waals surface area contributed by atoms with Crippen molar-refractivity contribution in [3.05, 3.63) is 88.9 Å². The minimum atomic E-state index is 0.0575. The Labute approximate surface area is 149 Å². The highest BCUT2D eigenvalue weighted by Gasteiger charge is 2.17. The number of rotatable bonds is 3. The fourth-order valence-electron chi connectivity index (χ4n) is 3.07. The van der Waals surface area contributed by atoms with Crippen molar-refractivity contribution in [2.45, 2.75) is 6.61 Å². The topological polar surface area (TPSA) is 25.2 Å². The monoisotopic (exact) mass is 377 g/mol. The third-order valence-corrected chi connectivity index (χ3v) is 5.04. The number of nitrogens with zero attached hydrogens (tertiary/aromatic N) is 1. The van der Waals surface area contributed by atoms with Crippen molar-refractivity contribution in [1.29, 1.82) is 0 Å². The number of halogens is 1. The van der Waals surface area contributed by atoms with Gasteiger partial charge in [0.15, 0.2) is 0 Å². The highest BCUT2D eigenvalue weighted by Crippen LogP contribution is 2.39. The van der Waals surface area contributed by atoms with E-state index in [2.05, 4.69) is 81.2 Å². The number of para-hydroxylation sites is 1. The average Bonchev–Trinajstić information content (AvgIpc) is 2.95. The summed E-state index contributed by atoms with van der Waals surface area (Å²) in [5.74, 6) is 0. The summed E-state index contributed by atoms with van der Waals surface area (Å²) in [6.45, 7) is 0.0575. The van der Waals surface area contributed by atoms with Gasteiger partial charge in [-0.2, -0.15) is 0 Å². The maximum absolute atomic E-state index is 9.29. The molecule has 0 saturated carbocycles. The van der Waals surface area contributed by atoms with E-state index >= 15 is 0 Å². The molecule has 1 aromatic heterocycles. The fraction of sp³-hybridized carbons (Fsp3) is 0.0476. The van der Waals surface area contributed by atoms with Gasteiger partial charge in [0.1, 0.15) is 0 Å². The van der Waals surface area contributed by atoms with Crippen LogP contribution in [0.15, 0.2) is 83.3 Å². The molecule has 0 radical (unpaired) electrons. The van der Waals surface area contributed by atoms with E-state index in [4.69, 9.17) is 0 Å². The van der Waals surface area contributed by atoms with Crippen molar-refractivity contribution in [1.82, 2.24) is 4.57 Å². The lowest BCUT2D eigenvalue weighted by Gasteiger charge is -2.12. The molecule has 24 heavy (non-hydrogen) atoms. The van der Waals surface area contributed by atoms with Crippen LogP contribution in [0.1, 0.15) is 5.56 Å². The Bertz CT molecular complexity index is 988. The van der Waals surface area contributed by atoms with Gasteiger partial charge >= 0.3 is 0 Å². The summed E-state index contributed by atoms with van der Waals surface area (Å²) in [6.07, 6.45) is 0. The maximum atomic E-state index is 9.29. The van der Waals surface area contributed by atoms with E-state index in [1.807, 2.05) is 18.2 Å². The zero-order chi connectivity index (χ0) is 16.5. The van der Waals surface area contributed by atoms with Gasteiger partial charge in [-0.05, 0) is 45.3 Å². The molecule has 0 atom stereocenters. The van der Waals surface area contributed by atoms with Gasteiger partial charge in [0.2, 0.25) is 0 Å². The summed E-state index contributed by atoms with van der Waals surface area (Å²) >= 11 is 3.80. The zero-order valence-electron chi connectivity index (χ0n) is 13.0. The second-order valence-electron chi connectivity index (χ2n) is 5.71. The second-order valence-corrected chi connectivity index (χ2v) is 6.50. The van der Waals surface area contributed by atoms with Gasteiger partial charge in [0, 0.05) is 11.1 Å². The van der Waals surface area contributed by atoms with Gasteiger partial charge in [0.25, 0.3) is 0 Å². The first-order chi connectivity index (χ1) is 11.8. The van der Waals surface area contributed by atoms with Crippen LogP contribution in [0.4, 0.5) is 0 Å². The molecule has 1 N–H and O–H groups in total. The van der Waals surface area contributed by atoms with Gasteiger partial charge in [-0.3, -0.25) is 0 Å². The molecule has 2 nitrogen and oxygen atoms in total. The Morgan fingerprint density at radius 3 is 2.17 bits per heavy atom. The minimum absolute atomic E-state index is 0.0575. The molecule has 0 unspecified atom stereocenters. The quantitative estimate of drug-likeness (QED) is 0.497. The van der Waals surface area contributed by atoms with Crippen molar-refractivity contribution in [2.24, 2.45) is 0 Å². The largest absolute Gasteiger partial charge is 0.392 e. The lowest BCUT2D eigenvalue weighted by atomic mass is 10.1. The number of hydrogen-bond donors (Lipinski definition) is 1. The summed E-state index contributed by atoms with van der Waals surface area (Å²) in [6, 6.07) is 26.8. The van der Waals surface area contributed by atoms with Crippen LogP contribution in [0.2, 0.25) is 0 Å². The van der Waals surface area contributed by atoms with Crippen LogP contribution in [0.25, 0.3) is 27.8 Å². The number of aliphatic hydroxyl groups excluding tert-OH is 1. The molecule has 0 fully saturated rings. The molecule has 4 rings (SSSR count). The predicted octanol–water partition coefficient (Wildman–Crippen LogP) is 5.55. The first-order valence-electron chi connectivity index (χ1n) is 7.84. The number of aliphatic hydroxyl groups is 1. The highest BCUT2D eigenvalue weighted by molar-refractivity contribution is 9.10. The smallest absolute Gasteiger partial charge is 0.0683 e. The molecular weight excluding hydrogens is 362 g/mol. The van der Waals surface area contributed by atoms with E-state index in [0.717, 1.165) is 32.5 Å². The molecule has 0 aliphatic heterocycles. The van der Waals surface area contributed by atoms with Crippen LogP contribution in [0, 0.1) is 0 Å². The Morgan fingerprint density at radius 2 is 1.46 bits per heavy atom. The second kappa shape index (κ2) is 6.27. The molecule has 0 aliphatic carbocycles. The van der Waals surface area contributed by atoms with E-state index in [9.17, 15) is 5.11 Å². The van der Waals surface area contributed by atoms with Crippen molar-refractivity contribution in [3.63, 3.8) is 0 Å². The number of benzene rings is 3. The summed E-state index contributed by atoms with van der Waals surface area (Å²) in [5.41, 5.74) is 5.43. The molecule has 0 amide bonds. The van der Waals surface area contributed by atoms with Crippen LogP contribution in [-0.4, -0.2) is 9.67 Å². The maximum Gasteiger partial charge on any atom is 0.0683 e. The summed E-state index contributed by atoms with van der Waals surface area (Å²) in [7, 11) is 0. The first kappa shape index (κ1) is 15.2. The number of hydrogen-bond acceptors (Lipinski definition) is 1. The van der Waals surface area contributed by atoms with Crippen molar-refractivity contribution in [3.8, 4) is 16.9 Å². The Morgan fingerprint density at radius 1 is 0.792 bits per heavy atom. The van der Waals surface area contributed by atoms with Crippen LogP contribution in [0.5, 0.6) is 0 Å². The van der Waals surface area contributed by atoms with E-state index in [1.54, 1.807) is 0 Å². The van der Waals surface area contributed by atoms with E-state index in [1.165, 1.54) is 5.39 Å². The summed E-state index contributed by atoms with van der Waals surface area (Å²) < 4.78 is 3.35. The third kappa shape index (κ3) is 2.46. The number of fused-ring (bicyclic) bond motifs is 1. The molecule has 0 spiro atoms. The lowest BCUT2D eigenvalue weighted by molar-refractivity contribution is 0.282. The standard InChI is InChI=1S/C21H16BrNO/c22-20-18-8-4-5-9-19(18)23(17-12-10-15(14-24)11-13-17)21(20)16-6-2-1-3-7-16/h1-13,24H,14H2. The average molecular weight is 378 g/mol. The molecule has 3 aromatic carbocycles. The van der Waals surface area contributed by atoms with Crippen molar-refractivity contribution < 1.29 is 5.11 Å². The van der Waals surface area contributed by atoms with Gasteiger partial charge in [-0.25, -0.2) is 0 Å². The molecule has 0 aliphatic rings. The Balaban J connectivity index is 2.05. The highest BCUT2D eigenvalue weighted by atomic mass is 79.9. The lowest BCUT2D eigenvalue weighted by Crippen LogP contribution is -1.97. The van der Waals surface area contributed by atoms with Crippen LogP contribution >= 0.6 is 15.9 Å². The molecule has 4 aromatic rings. The summed E-state index contributed by atoms with van der Waals surface area (Å²) in [4.78, 5) is 0. The predicted molar refractivity (Wildman–Crippen MR) is 102 cm³/mol. The molecule has 1 heterocycles. The van der Waals surface area contributed by atoms with Gasteiger partial charge < -0.3 is 9.67 Å². The Kier molecular flexibility index (Phi) is 3.97. The minimum Gasteiger partial charge on any atom is -0.392 e. The van der Waals surface area contributed by atoms with E-state index < -0.39 is 0 Å². The van der Waals surface area contributed by atoms with E-state index in [-0.39, 0.29) is 6.61 Å². The molecule has 0 saturated heterocycles. The van der Waals surface area contributed by atoms with Gasteiger partial charge in [-0.15, -0.1) is 0 Å². The summed E-state index contributed by atoms with van der Waals surface area (Å²) in [5, 5.41) is 10.5. The zero-order valence-corrected chi connectivity index (χ0v) is 14.6. The van der Waals surface area contributed by atoms with Crippen LogP contribution < -0.4 is 0 Å². The fourth-order valence-corrected chi connectivity index (χ4v) is 3.81. The molecule has 118 valence electrons. The third-order valence-electron chi connectivity index (χ3n) is 4.24. The van der Waals surface area contributed by atoms with Crippen LogP contribution in [-0.2, 0) is 6.61 Å². The van der Waals surface area contributed by atoms with Crippen molar-refractivity contribution >= 4 is 26.8 Å². The first-order valence-corrected chi connectivity index (χ1v) is 8.63. The van der Waals surface area contributed by atoms with Crippen molar-refractivity contribution in [2.75, 3.05) is 0 Å². The number of aromatic nitrogens is 1. The van der Waals surface area contributed by atoms with Crippen LogP contribution in [0.3, 0.4) is 0 Å². The molecule has 3 heteroatoms. The molecule has 0 bridgehead atoms.